The third-order valence-corrected chi connectivity index (χ3v) is 2.87. The molecule has 0 aliphatic carbocycles. The molecule has 0 saturated carbocycles. The van der Waals surface area contributed by atoms with Crippen molar-refractivity contribution in [1.82, 2.24) is 10.3 Å². The quantitative estimate of drug-likeness (QED) is 0.779. The Morgan fingerprint density at radius 1 is 1.47 bits per heavy atom. The molecule has 2 heterocycles. The van der Waals surface area contributed by atoms with Crippen molar-refractivity contribution in [2.24, 2.45) is 5.92 Å². The average Bonchev–Trinajstić information content (AvgIpc) is 2.30. The van der Waals surface area contributed by atoms with E-state index in [2.05, 4.69) is 22.5 Å². The third-order valence-electron chi connectivity index (χ3n) is 2.65. The van der Waals surface area contributed by atoms with Crippen molar-refractivity contribution in [2.45, 2.75) is 12.8 Å². The minimum atomic E-state index is 0.548. The van der Waals surface area contributed by atoms with Gasteiger partial charge in [-0.2, -0.15) is 0 Å². The SMILES string of the molecule is Clc1ccc(C=C[C@@H]2CCCNC2)cn1. The molecule has 1 atom stereocenters. The number of nitrogens with zero attached hydrogens (tertiary/aromatic N) is 1. The van der Waals surface area contributed by atoms with Crippen LogP contribution in [-0.2, 0) is 0 Å². The molecule has 0 bridgehead atoms. The molecule has 2 nitrogen and oxygen atoms in total. The van der Waals surface area contributed by atoms with Gasteiger partial charge in [0.15, 0.2) is 0 Å². The molecule has 1 aliphatic heterocycles. The van der Waals surface area contributed by atoms with Crippen LogP contribution in [0.25, 0.3) is 6.08 Å². The lowest BCUT2D eigenvalue weighted by molar-refractivity contribution is 0.439. The number of hydrogen-bond donors (Lipinski definition) is 1. The highest BCUT2D eigenvalue weighted by atomic mass is 35.5. The first-order valence-corrected chi connectivity index (χ1v) is 5.73. The van der Waals surface area contributed by atoms with Gasteiger partial charge in [0.25, 0.3) is 0 Å². The zero-order valence-corrected chi connectivity index (χ0v) is 9.37. The predicted molar refractivity (Wildman–Crippen MR) is 63.9 cm³/mol. The molecular weight excluding hydrogens is 208 g/mol. The van der Waals surface area contributed by atoms with Crippen LogP contribution < -0.4 is 5.32 Å². The molecule has 0 unspecified atom stereocenters. The predicted octanol–water partition coefficient (Wildman–Crippen LogP) is 2.75. The number of hydrogen-bond acceptors (Lipinski definition) is 2. The fraction of sp³-hybridized carbons (Fsp3) is 0.417. The second-order valence-corrected chi connectivity index (χ2v) is 4.27. The zero-order valence-electron chi connectivity index (χ0n) is 8.62. The van der Waals surface area contributed by atoms with Crippen molar-refractivity contribution in [2.75, 3.05) is 13.1 Å². The maximum Gasteiger partial charge on any atom is 0.129 e. The number of halogens is 1. The van der Waals surface area contributed by atoms with Gasteiger partial charge in [0.2, 0.25) is 0 Å². The van der Waals surface area contributed by atoms with Gasteiger partial charge < -0.3 is 5.32 Å². The maximum atomic E-state index is 5.72. The minimum Gasteiger partial charge on any atom is -0.316 e. The van der Waals surface area contributed by atoms with Crippen LogP contribution in [0, 0.1) is 5.92 Å². The van der Waals surface area contributed by atoms with Crippen molar-refractivity contribution in [3.8, 4) is 0 Å². The van der Waals surface area contributed by atoms with Gasteiger partial charge in [0, 0.05) is 12.7 Å². The van der Waals surface area contributed by atoms with Crippen LogP contribution in [0.3, 0.4) is 0 Å². The molecule has 1 fully saturated rings. The van der Waals surface area contributed by atoms with Crippen LogP contribution in [-0.4, -0.2) is 18.1 Å². The molecule has 1 aromatic rings. The lowest BCUT2D eigenvalue weighted by Gasteiger charge is -2.19. The normalized spacial score (nSPS) is 22.1. The highest BCUT2D eigenvalue weighted by Crippen LogP contribution is 2.14. The lowest BCUT2D eigenvalue weighted by atomic mass is 9.98. The molecule has 1 saturated heterocycles. The fourth-order valence-electron chi connectivity index (χ4n) is 1.78. The Balaban J connectivity index is 1.95. The summed E-state index contributed by atoms with van der Waals surface area (Å²) in [5.41, 5.74) is 1.12. The van der Waals surface area contributed by atoms with Gasteiger partial charge >= 0.3 is 0 Å². The topological polar surface area (TPSA) is 24.9 Å². The Bertz CT molecular complexity index is 326. The summed E-state index contributed by atoms with van der Waals surface area (Å²) in [4.78, 5) is 4.04. The van der Waals surface area contributed by atoms with Crippen LogP contribution in [0.1, 0.15) is 18.4 Å². The van der Waals surface area contributed by atoms with Crippen LogP contribution >= 0.6 is 11.6 Å². The number of nitrogens with one attached hydrogen (secondary N) is 1. The monoisotopic (exact) mass is 222 g/mol. The molecule has 1 N–H and O–H groups in total. The van der Waals surface area contributed by atoms with E-state index in [-0.39, 0.29) is 0 Å². The Morgan fingerprint density at radius 2 is 2.40 bits per heavy atom. The average molecular weight is 223 g/mol. The van der Waals surface area contributed by atoms with E-state index in [0.29, 0.717) is 11.1 Å². The van der Waals surface area contributed by atoms with Crippen molar-refractivity contribution in [1.29, 1.82) is 0 Å². The molecule has 0 amide bonds. The second-order valence-electron chi connectivity index (χ2n) is 3.88. The van der Waals surface area contributed by atoms with E-state index >= 15 is 0 Å². The van der Waals surface area contributed by atoms with Gasteiger partial charge in [0.1, 0.15) is 5.15 Å². The summed E-state index contributed by atoms with van der Waals surface area (Å²) in [6, 6.07) is 3.81. The Morgan fingerprint density at radius 3 is 3.07 bits per heavy atom. The van der Waals surface area contributed by atoms with Crippen LogP contribution in [0.15, 0.2) is 24.4 Å². The van der Waals surface area contributed by atoms with Gasteiger partial charge in [-0.15, -0.1) is 0 Å². The second kappa shape index (κ2) is 5.29. The summed E-state index contributed by atoms with van der Waals surface area (Å²) in [6.45, 7) is 2.25. The largest absolute Gasteiger partial charge is 0.316 e. The first kappa shape index (κ1) is 10.7. The van der Waals surface area contributed by atoms with Crippen LogP contribution in [0.2, 0.25) is 5.15 Å². The Hall–Kier alpha value is -0.860. The molecule has 15 heavy (non-hydrogen) atoms. The molecular formula is C12H15ClN2. The highest BCUT2D eigenvalue weighted by Gasteiger charge is 2.08. The first-order valence-electron chi connectivity index (χ1n) is 5.35. The van der Waals surface area contributed by atoms with Crippen LogP contribution in [0.4, 0.5) is 0 Å². The van der Waals surface area contributed by atoms with Gasteiger partial charge in [-0.3, -0.25) is 0 Å². The number of rotatable bonds is 2. The summed E-state index contributed by atoms with van der Waals surface area (Å²) < 4.78 is 0. The van der Waals surface area contributed by atoms with Crippen LogP contribution in [0.5, 0.6) is 0 Å². The summed E-state index contributed by atoms with van der Waals surface area (Å²) in [5, 5.41) is 3.94. The van der Waals surface area contributed by atoms with E-state index in [0.717, 1.165) is 18.7 Å². The smallest absolute Gasteiger partial charge is 0.129 e. The van der Waals surface area contributed by atoms with Crippen molar-refractivity contribution in [3.05, 3.63) is 35.1 Å². The molecule has 2 rings (SSSR count). The zero-order chi connectivity index (χ0) is 10.5. The molecule has 0 radical (unpaired) electrons. The fourth-order valence-corrected chi connectivity index (χ4v) is 1.89. The Labute approximate surface area is 95.4 Å². The number of aromatic nitrogens is 1. The van der Waals surface area contributed by atoms with Crippen molar-refractivity contribution < 1.29 is 0 Å². The Kier molecular flexibility index (Phi) is 3.75. The van der Waals surface area contributed by atoms with E-state index < -0.39 is 0 Å². The molecule has 1 aromatic heterocycles. The molecule has 0 spiro atoms. The minimum absolute atomic E-state index is 0.548. The van der Waals surface area contributed by atoms with Gasteiger partial charge in [-0.05, 0) is 36.9 Å². The third kappa shape index (κ3) is 3.33. The van der Waals surface area contributed by atoms with Gasteiger partial charge in [-0.25, -0.2) is 4.98 Å². The molecule has 80 valence electrons. The van der Waals surface area contributed by atoms with Gasteiger partial charge in [-0.1, -0.05) is 29.8 Å². The molecule has 3 heteroatoms. The van der Waals surface area contributed by atoms with E-state index in [1.165, 1.54) is 12.8 Å². The molecule has 0 aromatic carbocycles. The maximum absolute atomic E-state index is 5.72. The summed E-state index contributed by atoms with van der Waals surface area (Å²) in [6.07, 6.45) is 8.74. The number of pyridine rings is 1. The number of piperidine rings is 1. The standard InChI is InChI=1S/C12H15ClN2/c13-12-6-5-11(9-15-12)4-3-10-2-1-7-14-8-10/h3-6,9-10,14H,1-2,7-8H2/t10-/m0/s1. The van der Waals surface area contributed by atoms with Crippen molar-refractivity contribution >= 4 is 17.7 Å². The molecule has 1 aliphatic rings. The highest BCUT2D eigenvalue weighted by molar-refractivity contribution is 6.29. The van der Waals surface area contributed by atoms with Gasteiger partial charge in [0.05, 0.1) is 0 Å². The van der Waals surface area contributed by atoms with E-state index in [4.69, 9.17) is 11.6 Å². The van der Waals surface area contributed by atoms with E-state index in [1.54, 1.807) is 6.20 Å². The van der Waals surface area contributed by atoms with Crippen molar-refractivity contribution in [3.63, 3.8) is 0 Å². The summed E-state index contributed by atoms with van der Waals surface area (Å²) >= 11 is 5.72. The summed E-state index contributed by atoms with van der Waals surface area (Å²) in [5.74, 6) is 0.662. The first-order chi connectivity index (χ1) is 7.34. The summed E-state index contributed by atoms with van der Waals surface area (Å²) in [7, 11) is 0. The van der Waals surface area contributed by atoms with E-state index in [1.807, 2.05) is 12.1 Å². The van der Waals surface area contributed by atoms with E-state index in [9.17, 15) is 0 Å². The lowest BCUT2D eigenvalue weighted by Crippen LogP contribution is -2.28.